The molecule has 0 aliphatic carbocycles. The van der Waals surface area contributed by atoms with E-state index >= 15 is 0 Å². The van der Waals surface area contributed by atoms with Gasteiger partial charge in [0.15, 0.2) is 0 Å². The van der Waals surface area contributed by atoms with Crippen LogP contribution in [0.2, 0.25) is 0 Å². The summed E-state index contributed by atoms with van der Waals surface area (Å²) in [5, 5.41) is 7.62. The number of nitrogens with one attached hydrogen (secondary N) is 4. The summed E-state index contributed by atoms with van der Waals surface area (Å²) in [5.74, 6) is 1.96. The summed E-state index contributed by atoms with van der Waals surface area (Å²) in [5.41, 5.74) is 7.59. The van der Waals surface area contributed by atoms with Gasteiger partial charge in [0, 0.05) is 55.3 Å². The van der Waals surface area contributed by atoms with Gasteiger partial charge in [-0.3, -0.25) is 9.89 Å². The van der Waals surface area contributed by atoms with Crippen LogP contribution in [0.1, 0.15) is 53.9 Å². The van der Waals surface area contributed by atoms with Gasteiger partial charge in [-0.05, 0) is 52.7 Å². The van der Waals surface area contributed by atoms with Crippen LogP contribution in [0.15, 0.2) is 16.8 Å². The number of thioether (sulfide) groups is 1. The average molecular weight is 471 g/mol. The molecule has 2 rings (SSSR count). The molecule has 8 nitrogen and oxygen atoms in total. The monoisotopic (exact) mass is 470 g/mol. The molecule has 0 spiro atoms. The molecule has 2 fully saturated rings. The van der Waals surface area contributed by atoms with E-state index in [0.717, 1.165) is 70.4 Å². The molecule has 32 heavy (non-hydrogen) atoms. The summed E-state index contributed by atoms with van der Waals surface area (Å²) in [6.45, 7) is 17.9. The average Bonchev–Trinajstić information content (AvgIpc) is 2.76. The van der Waals surface area contributed by atoms with E-state index in [2.05, 4.69) is 67.1 Å². The Balaban J connectivity index is 1.98. The Hall–Kier alpha value is -0.840. The van der Waals surface area contributed by atoms with Crippen LogP contribution in [0.3, 0.4) is 0 Å². The molecule has 2 heterocycles. The van der Waals surface area contributed by atoms with E-state index in [0.29, 0.717) is 11.9 Å². The molecule has 2 saturated heterocycles. The fourth-order valence-electron chi connectivity index (χ4n) is 3.63. The van der Waals surface area contributed by atoms with Crippen molar-refractivity contribution < 1.29 is 9.47 Å². The van der Waals surface area contributed by atoms with E-state index in [9.17, 15) is 0 Å². The third-order valence-corrected chi connectivity index (χ3v) is 6.37. The zero-order valence-electron chi connectivity index (χ0n) is 20.8. The van der Waals surface area contributed by atoms with Gasteiger partial charge in [0.1, 0.15) is 18.7 Å². The number of hydrazine groups is 1. The Morgan fingerprint density at radius 3 is 2.66 bits per heavy atom. The number of hydrogen-bond acceptors (Lipinski definition) is 8. The van der Waals surface area contributed by atoms with Crippen molar-refractivity contribution in [3.8, 4) is 0 Å². The molecule has 0 radical (unpaired) electrons. The van der Waals surface area contributed by atoms with Crippen LogP contribution < -0.4 is 21.5 Å². The molecule has 9 heteroatoms. The lowest BCUT2D eigenvalue weighted by Crippen LogP contribution is -2.45. The lowest BCUT2D eigenvalue weighted by atomic mass is 10.1. The van der Waals surface area contributed by atoms with E-state index in [1.807, 2.05) is 11.8 Å². The minimum atomic E-state index is -0.0741. The van der Waals surface area contributed by atoms with Gasteiger partial charge >= 0.3 is 0 Å². The third kappa shape index (κ3) is 11.9. The zero-order chi connectivity index (χ0) is 23.2. The van der Waals surface area contributed by atoms with Crippen LogP contribution in [0.25, 0.3) is 0 Å². The second kappa shape index (κ2) is 15.1. The zero-order valence-corrected chi connectivity index (χ0v) is 21.7. The molecule has 2 aliphatic rings. The van der Waals surface area contributed by atoms with Crippen molar-refractivity contribution in [3.05, 3.63) is 11.8 Å². The molecule has 4 N–H and O–H groups in total. The second-order valence-corrected chi connectivity index (χ2v) is 10.9. The molecule has 0 aromatic rings. The molecule has 0 aromatic heterocycles. The summed E-state index contributed by atoms with van der Waals surface area (Å²) in [4.78, 5) is 7.25. The number of ether oxygens (including phenoxy) is 2. The number of hydrogen-bond donors (Lipinski definition) is 4. The lowest BCUT2D eigenvalue weighted by molar-refractivity contribution is -0.0139. The summed E-state index contributed by atoms with van der Waals surface area (Å²) in [6.07, 6.45) is 5.64. The lowest BCUT2D eigenvalue weighted by Gasteiger charge is -2.28. The number of morpholine rings is 1. The van der Waals surface area contributed by atoms with Gasteiger partial charge in [-0.25, -0.2) is 10.9 Å². The van der Waals surface area contributed by atoms with Crippen LogP contribution in [0.5, 0.6) is 0 Å². The van der Waals surface area contributed by atoms with E-state index in [1.165, 1.54) is 12.1 Å². The van der Waals surface area contributed by atoms with Crippen LogP contribution in [-0.2, 0) is 9.47 Å². The van der Waals surface area contributed by atoms with E-state index in [-0.39, 0.29) is 11.8 Å². The van der Waals surface area contributed by atoms with Crippen molar-refractivity contribution in [2.75, 3.05) is 58.4 Å². The predicted molar refractivity (Wildman–Crippen MR) is 136 cm³/mol. The molecular formula is C23H46N6O2S. The van der Waals surface area contributed by atoms with Crippen molar-refractivity contribution in [3.63, 3.8) is 0 Å². The maximum Gasteiger partial charge on any atom is 0.124 e. The Kier molecular flexibility index (Phi) is 13.0. The summed E-state index contributed by atoms with van der Waals surface area (Å²) < 4.78 is 11.2. The van der Waals surface area contributed by atoms with E-state index < -0.39 is 0 Å². The first-order chi connectivity index (χ1) is 15.4. The minimum Gasteiger partial charge on any atom is -0.386 e. The number of aliphatic imine (C=N–C) groups is 1. The Bertz CT molecular complexity index is 569. The fourth-order valence-corrected chi connectivity index (χ4v) is 4.46. The van der Waals surface area contributed by atoms with Crippen molar-refractivity contribution in [1.29, 1.82) is 0 Å². The van der Waals surface area contributed by atoms with Crippen molar-refractivity contribution in [2.45, 2.75) is 70.9 Å². The van der Waals surface area contributed by atoms with Gasteiger partial charge in [-0.1, -0.05) is 6.92 Å². The molecule has 0 aromatic carbocycles. The predicted octanol–water partition coefficient (Wildman–Crippen LogP) is 2.30. The summed E-state index contributed by atoms with van der Waals surface area (Å²) in [7, 11) is 0. The number of amidine groups is 1. The largest absolute Gasteiger partial charge is 0.386 e. The molecule has 0 bridgehead atoms. The molecule has 0 amide bonds. The van der Waals surface area contributed by atoms with Crippen molar-refractivity contribution in [1.82, 2.24) is 26.4 Å². The van der Waals surface area contributed by atoms with Crippen LogP contribution in [0, 0.1) is 0 Å². The second-order valence-electron chi connectivity index (χ2n) is 9.33. The van der Waals surface area contributed by atoms with Gasteiger partial charge in [0.25, 0.3) is 0 Å². The smallest absolute Gasteiger partial charge is 0.124 e. The van der Waals surface area contributed by atoms with Gasteiger partial charge in [-0.2, -0.15) is 11.8 Å². The molecule has 2 atom stereocenters. The quantitative estimate of drug-likeness (QED) is 0.150. The molecule has 0 saturated carbocycles. The molecule has 2 unspecified atom stereocenters. The van der Waals surface area contributed by atoms with Gasteiger partial charge < -0.3 is 20.1 Å². The Labute approximate surface area is 199 Å². The maximum absolute atomic E-state index is 5.71. The summed E-state index contributed by atoms with van der Waals surface area (Å²) >= 11 is 1.94. The van der Waals surface area contributed by atoms with Gasteiger partial charge in [-0.15, -0.1) is 0 Å². The van der Waals surface area contributed by atoms with Gasteiger partial charge in [0.05, 0.1) is 13.2 Å². The van der Waals surface area contributed by atoms with Crippen molar-refractivity contribution in [2.24, 2.45) is 4.99 Å². The molecular weight excluding hydrogens is 424 g/mol. The summed E-state index contributed by atoms with van der Waals surface area (Å²) in [6, 6.07) is 0. The molecule has 186 valence electrons. The van der Waals surface area contributed by atoms with Crippen LogP contribution >= 0.6 is 11.8 Å². The minimum absolute atomic E-state index is 0.0741. The Morgan fingerprint density at radius 2 is 2.00 bits per heavy atom. The van der Waals surface area contributed by atoms with Gasteiger partial charge in [0.2, 0.25) is 0 Å². The normalized spacial score (nSPS) is 22.6. The highest BCUT2D eigenvalue weighted by Gasteiger charge is 2.16. The van der Waals surface area contributed by atoms with Crippen LogP contribution in [0.4, 0.5) is 0 Å². The number of nitrogens with zero attached hydrogens (tertiary/aromatic N) is 2. The first-order valence-corrected chi connectivity index (χ1v) is 13.2. The highest BCUT2D eigenvalue weighted by Crippen LogP contribution is 2.17. The topological polar surface area (TPSA) is 82.2 Å². The standard InChI is InChI=1S/C23H46N6O2S/c1-6-32-19(2)20(24-10-11-29-12-15-30-16-13-29)17-21(27-23(3,4)5)25-18-26-28-22-9-7-8-14-31-22/h17,19,22,24,26,28H,6-16,18H2,1-5H3,(H,25,27)/b20-17+. The van der Waals surface area contributed by atoms with Crippen LogP contribution in [-0.4, -0.2) is 86.2 Å². The maximum atomic E-state index is 5.71. The SMILES string of the molecule is CCSC(C)/C(=C\C(=N/CNNC1CCCCO1)NC(C)(C)C)NCCN1CCOCC1. The highest BCUT2D eigenvalue weighted by molar-refractivity contribution is 8.00. The van der Waals surface area contributed by atoms with E-state index in [1.54, 1.807) is 0 Å². The molecule has 2 aliphatic heterocycles. The third-order valence-electron chi connectivity index (χ3n) is 5.28. The first kappa shape index (κ1) is 27.4. The Morgan fingerprint density at radius 1 is 1.22 bits per heavy atom. The van der Waals surface area contributed by atoms with Crippen molar-refractivity contribution >= 4 is 17.6 Å². The highest BCUT2D eigenvalue weighted by atomic mass is 32.2. The van der Waals surface area contributed by atoms with E-state index in [4.69, 9.17) is 14.5 Å². The first-order valence-electron chi connectivity index (χ1n) is 12.2. The number of rotatable bonds is 12. The fraction of sp³-hybridized carbons (Fsp3) is 0.870.